The highest BCUT2D eigenvalue weighted by atomic mass is 32.2. The number of carbonyl (C=O) groups excluding carboxylic acids is 2. The molecule has 2 aromatic carbocycles. The summed E-state index contributed by atoms with van der Waals surface area (Å²) < 4.78 is 0. The van der Waals surface area contributed by atoms with Crippen LogP contribution in [0.5, 0.6) is 0 Å². The molecule has 102 valence electrons. The van der Waals surface area contributed by atoms with Gasteiger partial charge in [-0.05, 0) is 26.0 Å². The first-order valence-corrected chi connectivity index (χ1v) is 7.29. The molecule has 2 aromatic rings. The molecule has 3 heteroatoms. The van der Waals surface area contributed by atoms with Crippen LogP contribution in [0.1, 0.15) is 22.8 Å². The first kappa shape index (κ1) is 14.5. The van der Waals surface area contributed by atoms with E-state index >= 15 is 0 Å². The zero-order chi connectivity index (χ0) is 14.5. The first-order valence-electron chi connectivity index (χ1n) is 6.41. The summed E-state index contributed by atoms with van der Waals surface area (Å²) >= 11 is 1.31. The van der Waals surface area contributed by atoms with Crippen LogP contribution in [0.4, 0.5) is 0 Å². The van der Waals surface area contributed by atoms with Crippen LogP contribution >= 0.6 is 11.8 Å². The van der Waals surface area contributed by atoms with Crippen molar-refractivity contribution in [3.8, 4) is 0 Å². The van der Waals surface area contributed by atoms with E-state index in [1.807, 2.05) is 37.3 Å². The number of thioether (sulfide) groups is 1. The van der Waals surface area contributed by atoms with Gasteiger partial charge in [-0.3, -0.25) is 9.59 Å². The van der Waals surface area contributed by atoms with Crippen molar-refractivity contribution < 1.29 is 9.59 Å². The highest BCUT2D eigenvalue weighted by molar-refractivity contribution is 8.01. The van der Waals surface area contributed by atoms with Gasteiger partial charge in [0.25, 0.3) is 0 Å². The lowest BCUT2D eigenvalue weighted by Gasteiger charge is -2.12. The van der Waals surface area contributed by atoms with E-state index in [1.54, 1.807) is 24.3 Å². The van der Waals surface area contributed by atoms with Crippen LogP contribution in [0.2, 0.25) is 0 Å². The van der Waals surface area contributed by atoms with E-state index in [0.29, 0.717) is 5.56 Å². The summed E-state index contributed by atoms with van der Waals surface area (Å²) in [4.78, 5) is 25.1. The second-order valence-corrected chi connectivity index (χ2v) is 5.83. The fourth-order valence-electron chi connectivity index (χ4n) is 1.83. The fraction of sp³-hybridized carbons (Fsp3) is 0.176. The Morgan fingerprint density at radius 1 is 0.950 bits per heavy atom. The molecule has 0 spiro atoms. The lowest BCUT2D eigenvalue weighted by Crippen LogP contribution is -2.24. The number of rotatable bonds is 5. The largest absolute Gasteiger partial charge is 0.298 e. The normalized spacial score (nSPS) is 11.9. The molecule has 0 aromatic heterocycles. The van der Waals surface area contributed by atoms with Crippen molar-refractivity contribution in [1.29, 1.82) is 0 Å². The van der Waals surface area contributed by atoms with Crippen LogP contribution in [0, 0.1) is 6.92 Å². The van der Waals surface area contributed by atoms with Gasteiger partial charge in [-0.25, -0.2) is 0 Å². The summed E-state index contributed by atoms with van der Waals surface area (Å²) in [7, 11) is 0. The Morgan fingerprint density at radius 2 is 1.55 bits per heavy atom. The molecule has 0 radical (unpaired) electrons. The Kier molecular flexibility index (Phi) is 4.74. The third-order valence-electron chi connectivity index (χ3n) is 2.94. The number of ketones is 2. The fourth-order valence-corrected chi connectivity index (χ4v) is 2.80. The van der Waals surface area contributed by atoms with Gasteiger partial charge in [-0.15, -0.1) is 11.8 Å². The van der Waals surface area contributed by atoms with Gasteiger partial charge in [0.15, 0.2) is 11.6 Å². The zero-order valence-electron chi connectivity index (χ0n) is 11.5. The van der Waals surface area contributed by atoms with E-state index in [4.69, 9.17) is 0 Å². The summed E-state index contributed by atoms with van der Waals surface area (Å²) in [6.07, 6.45) is 0. The Balaban J connectivity index is 2.21. The molecule has 0 aliphatic rings. The van der Waals surface area contributed by atoms with E-state index in [-0.39, 0.29) is 11.6 Å². The SMILES string of the molecule is CC(=O)[C@H](Sc1ccc(C)cc1)C(=O)c1ccccc1. The average Bonchev–Trinajstić information content (AvgIpc) is 2.46. The summed E-state index contributed by atoms with van der Waals surface area (Å²) in [5, 5.41) is -0.680. The smallest absolute Gasteiger partial charge is 0.183 e. The maximum atomic E-state index is 12.4. The highest BCUT2D eigenvalue weighted by Gasteiger charge is 2.25. The Bertz CT molecular complexity index is 603. The summed E-state index contributed by atoms with van der Waals surface area (Å²) in [6.45, 7) is 3.47. The molecule has 0 aliphatic carbocycles. The van der Waals surface area contributed by atoms with Gasteiger partial charge in [0.1, 0.15) is 5.25 Å². The van der Waals surface area contributed by atoms with Gasteiger partial charge in [-0.2, -0.15) is 0 Å². The van der Waals surface area contributed by atoms with E-state index < -0.39 is 5.25 Å². The first-order chi connectivity index (χ1) is 9.58. The lowest BCUT2D eigenvalue weighted by atomic mass is 10.1. The molecule has 1 atom stereocenters. The maximum Gasteiger partial charge on any atom is 0.183 e. The number of hydrogen-bond acceptors (Lipinski definition) is 3. The van der Waals surface area contributed by atoms with Gasteiger partial charge in [0.05, 0.1) is 0 Å². The predicted octanol–water partition coefficient (Wildman–Crippen LogP) is 3.93. The number of Topliss-reactive ketones (excluding diaryl/α,β-unsaturated/α-hetero) is 2. The van der Waals surface area contributed by atoms with E-state index in [1.165, 1.54) is 18.7 Å². The van der Waals surface area contributed by atoms with Crippen molar-refractivity contribution in [2.45, 2.75) is 24.0 Å². The third-order valence-corrected chi connectivity index (χ3v) is 4.27. The minimum Gasteiger partial charge on any atom is -0.298 e. The Hall–Kier alpha value is -1.87. The molecule has 0 N–H and O–H groups in total. The quantitative estimate of drug-likeness (QED) is 0.474. The van der Waals surface area contributed by atoms with Crippen molar-refractivity contribution in [1.82, 2.24) is 0 Å². The van der Waals surface area contributed by atoms with E-state index in [0.717, 1.165) is 10.5 Å². The van der Waals surface area contributed by atoms with Crippen LogP contribution in [0.25, 0.3) is 0 Å². The monoisotopic (exact) mass is 284 g/mol. The van der Waals surface area contributed by atoms with Crippen LogP contribution in [0.3, 0.4) is 0 Å². The molecule has 0 fully saturated rings. The van der Waals surface area contributed by atoms with E-state index in [9.17, 15) is 9.59 Å². The molecule has 0 saturated heterocycles. The molecule has 0 heterocycles. The van der Waals surface area contributed by atoms with Gasteiger partial charge >= 0.3 is 0 Å². The standard InChI is InChI=1S/C17H16O2S/c1-12-8-10-15(11-9-12)20-17(13(2)18)16(19)14-6-4-3-5-7-14/h3-11,17H,1-2H3/t17-/m0/s1. The summed E-state index contributed by atoms with van der Waals surface area (Å²) in [5.74, 6) is -0.256. The second-order valence-electron chi connectivity index (χ2n) is 4.65. The van der Waals surface area contributed by atoms with Crippen LogP contribution < -0.4 is 0 Å². The maximum absolute atomic E-state index is 12.4. The summed E-state index contributed by atoms with van der Waals surface area (Å²) in [6, 6.07) is 16.8. The predicted molar refractivity (Wildman–Crippen MR) is 82.3 cm³/mol. The molecular formula is C17H16O2S. The topological polar surface area (TPSA) is 34.1 Å². The molecule has 0 amide bonds. The molecule has 0 saturated carbocycles. The zero-order valence-corrected chi connectivity index (χ0v) is 12.3. The van der Waals surface area contributed by atoms with Gasteiger partial charge in [0.2, 0.25) is 0 Å². The molecule has 0 aliphatic heterocycles. The van der Waals surface area contributed by atoms with Crippen LogP contribution in [-0.2, 0) is 4.79 Å². The molecule has 0 bridgehead atoms. The van der Waals surface area contributed by atoms with E-state index in [2.05, 4.69) is 0 Å². The molecule has 2 rings (SSSR count). The van der Waals surface area contributed by atoms with Crippen molar-refractivity contribution in [3.63, 3.8) is 0 Å². The number of benzene rings is 2. The van der Waals surface area contributed by atoms with Crippen LogP contribution in [0.15, 0.2) is 59.5 Å². The Labute approximate surface area is 123 Å². The molecular weight excluding hydrogens is 268 g/mol. The van der Waals surface area contributed by atoms with Crippen LogP contribution in [-0.4, -0.2) is 16.8 Å². The van der Waals surface area contributed by atoms with Crippen molar-refractivity contribution in [2.75, 3.05) is 0 Å². The van der Waals surface area contributed by atoms with Gasteiger partial charge < -0.3 is 0 Å². The minimum absolute atomic E-state index is 0.121. The average molecular weight is 284 g/mol. The van der Waals surface area contributed by atoms with Crippen molar-refractivity contribution in [2.24, 2.45) is 0 Å². The van der Waals surface area contributed by atoms with Crippen molar-refractivity contribution >= 4 is 23.3 Å². The number of carbonyl (C=O) groups is 2. The third kappa shape index (κ3) is 3.58. The lowest BCUT2D eigenvalue weighted by molar-refractivity contribution is -0.115. The van der Waals surface area contributed by atoms with Crippen molar-refractivity contribution in [3.05, 3.63) is 65.7 Å². The molecule has 0 unspecified atom stereocenters. The number of hydrogen-bond donors (Lipinski definition) is 0. The minimum atomic E-state index is -0.680. The van der Waals surface area contributed by atoms with Gasteiger partial charge in [-0.1, -0.05) is 48.0 Å². The second kappa shape index (κ2) is 6.53. The highest BCUT2D eigenvalue weighted by Crippen LogP contribution is 2.26. The van der Waals surface area contributed by atoms with Gasteiger partial charge in [0, 0.05) is 10.5 Å². The molecule has 20 heavy (non-hydrogen) atoms. The Morgan fingerprint density at radius 3 is 2.10 bits per heavy atom. The summed E-state index contributed by atoms with van der Waals surface area (Å²) in [5.41, 5.74) is 1.73. The molecule has 2 nitrogen and oxygen atoms in total. The number of aryl methyl sites for hydroxylation is 1.